The van der Waals surface area contributed by atoms with Crippen LogP contribution < -0.4 is 11.3 Å². The summed E-state index contributed by atoms with van der Waals surface area (Å²) in [5.74, 6) is -0.522. The molecule has 6 heteroatoms. The van der Waals surface area contributed by atoms with E-state index in [9.17, 15) is 9.18 Å². The Kier molecular flexibility index (Phi) is 3.04. The number of H-pyrrole nitrogens is 1. The average Bonchev–Trinajstić information content (AvgIpc) is 2.58. The summed E-state index contributed by atoms with van der Waals surface area (Å²) in [5, 5.41) is 2.84. The van der Waals surface area contributed by atoms with E-state index >= 15 is 0 Å². The van der Waals surface area contributed by atoms with Gasteiger partial charge in [0.05, 0.1) is 16.3 Å². The van der Waals surface area contributed by atoms with Gasteiger partial charge in [-0.15, -0.1) is 0 Å². The molecule has 1 heterocycles. The number of aryl methyl sites for hydroxylation is 1. The van der Waals surface area contributed by atoms with Crippen LogP contribution in [-0.2, 0) is 6.54 Å². The molecule has 0 spiro atoms. The van der Waals surface area contributed by atoms with E-state index in [1.54, 1.807) is 6.92 Å². The summed E-state index contributed by atoms with van der Waals surface area (Å²) in [5.41, 5.74) is 6.91. The van der Waals surface area contributed by atoms with Crippen molar-refractivity contribution in [3.63, 3.8) is 0 Å². The van der Waals surface area contributed by atoms with Crippen LogP contribution in [0.2, 0.25) is 5.02 Å². The SMILES string of the molecule is Cc1[nH]n(-c2ccc(F)c(Cl)c2)c(=O)c1CN. The first-order valence-electron chi connectivity index (χ1n) is 5.00. The van der Waals surface area contributed by atoms with Crippen molar-refractivity contribution in [2.24, 2.45) is 5.73 Å². The summed E-state index contributed by atoms with van der Waals surface area (Å²) in [6.45, 7) is 1.91. The molecule has 0 unspecified atom stereocenters. The Morgan fingerprint density at radius 2 is 2.24 bits per heavy atom. The highest BCUT2D eigenvalue weighted by atomic mass is 35.5. The van der Waals surface area contributed by atoms with Gasteiger partial charge in [0.15, 0.2) is 0 Å². The first-order chi connectivity index (χ1) is 8.04. The zero-order chi connectivity index (χ0) is 12.6. The van der Waals surface area contributed by atoms with Gasteiger partial charge in [0.2, 0.25) is 0 Å². The number of hydrogen-bond donors (Lipinski definition) is 2. The summed E-state index contributed by atoms with van der Waals surface area (Å²) >= 11 is 5.67. The number of rotatable bonds is 2. The van der Waals surface area contributed by atoms with E-state index in [0.717, 1.165) is 0 Å². The van der Waals surface area contributed by atoms with E-state index in [2.05, 4.69) is 5.10 Å². The molecule has 0 atom stereocenters. The van der Waals surface area contributed by atoms with Crippen molar-refractivity contribution < 1.29 is 4.39 Å². The number of aromatic nitrogens is 2. The van der Waals surface area contributed by atoms with Gasteiger partial charge in [0.1, 0.15) is 5.82 Å². The molecule has 0 saturated heterocycles. The number of nitrogens with zero attached hydrogens (tertiary/aromatic N) is 1. The highest BCUT2D eigenvalue weighted by molar-refractivity contribution is 6.30. The molecule has 1 aromatic heterocycles. The van der Waals surface area contributed by atoms with Gasteiger partial charge < -0.3 is 5.73 Å². The van der Waals surface area contributed by atoms with Crippen molar-refractivity contribution in [2.75, 3.05) is 0 Å². The normalized spacial score (nSPS) is 10.8. The number of nitrogens with two attached hydrogens (primary N) is 1. The van der Waals surface area contributed by atoms with E-state index in [4.69, 9.17) is 17.3 Å². The third kappa shape index (κ3) is 1.99. The molecule has 0 bridgehead atoms. The summed E-state index contributed by atoms with van der Waals surface area (Å²) in [6.07, 6.45) is 0. The fourth-order valence-electron chi connectivity index (χ4n) is 1.63. The number of benzene rings is 1. The Balaban J connectivity index is 2.61. The Morgan fingerprint density at radius 1 is 1.53 bits per heavy atom. The van der Waals surface area contributed by atoms with E-state index < -0.39 is 5.82 Å². The van der Waals surface area contributed by atoms with Gasteiger partial charge in [-0.25, -0.2) is 9.07 Å². The van der Waals surface area contributed by atoms with Crippen LogP contribution in [0, 0.1) is 12.7 Å². The van der Waals surface area contributed by atoms with Gasteiger partial charge in [0.25, 0.3) is 5.56 Å². The third-order valence-electron chi connectivity index (χ3n) is 2.56. The molecule has 0 aliphatic carbocycles. The van der Waals surface area contributed by atoms with Crippen LogP contribution in [0.1, 0.15) is 11.3 Å². The minimum atomic E-state index is -0.522. The minimum absolute atomic E-state index is 0.0315. The number of aromatic amines is 1. The summed E-state index contributed by atoms with van der Waals surface area (Å²) in [7, 11) is 0. The quantitative estimate of drug-likeness (QED) is 0.858. The van der Waals surface area contributed by atoms with Crippen LogP contribution in [0.25, 0.3) is 5.69 Å². The Labute approximate surface area is 102 Å². The molecule has 2 rings (SSSR count). The molecule has 2 aromatic rings. The van der Waals surface area contributed by atoms with Crippen LogP contribution in [0.5, 0.6) is 0 Å². The Bertz CT molecular complexity index is 618. The predicted octanol–water partition coefficient (Wildman–Crippen LogP) is 1.73. The average molecular weight is 256 g/mol. The zero-order valence-corrected chi connectivity index (χ0v) is 9.88. The van der Waals surface area contributed by atoms with Crippen molar-refractivity contribution in [3.05, 3.63) is 50.7 Å². The van der Waals surface area contributed by atoms with Gasteiger partial charge in [-0.1, -0.05) is 11.6 Å². The molecule has 3 N–H and O–H groups in total. The summed E-state index contributed by atoms with van der Waals surface area (Å²) in [6, 6.07) is 4.07. The second-order valence-corrected chi connectivity index (χ2v) is 4.07. The van der Waals surface area contributed by atoms with Gasteiger partial charge in [-0.05, 0) is 25.1 Å². The molecule has 0 radical (unpaired) electrons. The Morgan fingerprint density at radius 3 is 2.76 bits per heavy atom. The summed E-state index contributed by atoms with van der Waals surface area (Å²) < 4.78 is 14.3. The highest BCUT2D eigenvalue weighted by Gasteiger charge is 2.11. The Hall–Kier alpha value is -1.59. The maximum Gasteiger partial charge on any atom is 0.275 e. The minimum Gasteiger partial charge on any atom is -0.326 e. The first kappa shape index (κ1) is 11.9. The van der Waals surface area contributed by atoms with Gasteiger partial charge in [0, 0.05) is 12.2 Å². The highest BCUT2D eigenvalue weighted by Crippen LogP contribution is 2.18. The maximum atomic E-state index is 13.0. The van der Waals surface area contributed by atoms with Gasteiger partial charge in [-0.3, -0.25) is 9.89 Å². The molecule has 90 valence electrons. The lowest BCUT2D eigenvalue weighted by Gasteiger charge is -2.02. The van der Waals surface area contributed by atoms with Crippen LogP contribution in [0.15, 0.2) is 23.0 Å². The van der Waals surface area contributed by atoms with E-state index in [-0.39, 0.29) is 17.1 Å². The second kappa shape index (κ2) is 4.35. The fraction of sp³-hybridized carbons (Fsp3) is 0.182. The molecule has 1 aromatic carbocycles. The lowest BCUT2D eigenvalue weighted by molar-refractivity contribution is 0.627. The van der Waals surface area contributed by atoms with Crippen LogP contribution in [0.4, 0.5) is 4.39 Å². The number of halogens is 2. The van der Waals surface area contributed by atoms with Crippen molar-refractivity contribution >= 4 is 11.6 Å². The molecule has 0 saturated carbocycles. The maximum absolute atomic E-state index is 13.0. The molecular formula is C11H11ClFN3O. The molecule has 0 amide bonds. The monoisotopic (exact) mass is 255 g/mol. The largest absolute Gasteiger partial charge is 0.326 e. The molecule has 0 aliphatic heterocycles. The standard InChI is InChI=1S/C11H11ClFN3O/c1-6-8(5-14)11(17)16(15-6)7-2-3-10(13)9(12)4-7/h2-4,15H,5,14H2,1H3. The number of nitrogens with one attached hydrogen (secondary N) is 1. The van der Waals surface area contributed by atoms with Crippen molar-refractivity contribution in [1.82, 2.24) is 9.78 Å². The number of hydrogen-bond acceptors (Lipinski definition) is 2. The van der Waals surface area contributed by atoms with Crippen LogP contribution in [0.3, 0.4) is 0 Å². The topological polar surface area (TPSA) is 63.8 Å². The predicted molar refractivity (Wildman–Crippen MR) is 64.0 cm³/mol. The second-order valence-electron chi connectivity index (χ2n) is 3.66. The smallest absolute Gasteiger partial charge is 0.275 e. The molecule has 0 aliphatic rings. The molecule has 17 heavy (non-hydrogen) atoms. The lowest BCUT2D eigenvalue weighted by atomic mass is 10.2. The zero-order valence-electron chi connectivity index (χ0n) is 9.13. The van der Waals surface area contributed by atoms with Crippen molar-refractivity contribution in [3.8, 4) is 5.69 Å². The molecular weight excluding hydrogens is 245 g/mol. The molecule has 0 fully saturated rings. The summed E-state index contributed by atoms with van der Waals surface area (Å²) in [4.78, 5) is 11.9. The fourth-order valence-corrected chi connectivity index (χ4v) is 1.80. The van der Waals surface area contributed by atoms with E-state index in [1.807, 2.05) is 0 Å². The van der Waals surface area contributed by atoms with Crippen LogP contribution >= 0.6 is 11.6 Å². The van der Waals surface area contributed by atoms with Crippen molar-refractivity contribution in [1.29, 1.82) is 0 Å². The van der Waals surface area contributed by atoms with Crippen molar-refractivity contribution in [2.45, 2.75) is 13.5 Å². The first-order valence-corrected chi connectivity index (χ1v) is 5.38. The van der Waals surface area contributed by atoms with E-state index in [1.165, 1.54) is 22.9 Å². The van der Waals surface area contributed by atoms with Crippen LogP contribution in [-0.4, -0.2) is 9.78 Å². The van der Waals surface area contributed by atoms with Gasteiger partial charge in [-0.2, -0.15) is 0 Å². The molecule has 4 nitrogen and oxygen atoms in total. The lowest BCUT2D eigenvalue weighted by Crippen LogP contribution is -2.19. The van der Waals surface area contributed by atoms with E-state index in [0.29, 0.717) is 16.9 Å². The third-order valence-corrected chi connectivity index (χ3v) is 2.85. The van der Waals surface area contributed by atoms with Gasteiger partial charge >= 0.3 is 0 Å².